The minimum atomic E-state index is -0.380. The molecule has 0 bridgehead atoms. The van der Waals surface area contributed by atoms with Crippen molar-refractivity contribution in [2.45, 2.75) is 32.6 Å². The average Bonchev–Trinajstić information content (AvgIpc) is 3.15. The van der Waals surface area contributed by atoms with Gasteiger partial charge in [-0.2, -0.15) is 0 Å². The van der Waals surface area contributed by atoms with E-state index in [0.717, 1.165) is 42.0 Å². The highest BCUT2D eigenvalue weighted by Gasteiger charge is 2.27. The number of benzene rings is 2. The fourth-order valence-electron chi connectivity index (χ4n) is 3.84. The number of fused-ring (bicyclic) bond motifs is 2. The third-order valence-corrected chi connectivity index (χ3v) is 6.65. The summed E-state index contributed by atoms with van der Waals surface area (Å²) in [4.78, 5) is 26.2. The summed E-state index contributed by atoms with van der Waals surface area (Å²) in [5, 5.41) is 8.38. The third-order valence-electron chi connectivity index (χ3n) is 5.24. The van der Waals surface area contributed by atoms with Gasteiger partial charge in [-0.3, -0.25) is 10.1 Å². The Kier molecular flexibility index (Phi) is 7.02. The van der Waals surface area contributed by atoms with Crippen molar-refractivity contribution < 1.29 is 19.1 Å². The number of esters is 1. The van der Waals surface area contributed by atoms with Gasteiger partial charge in [0.15, 0.2) is 11.7 Å². The molecule has 1 heterocycles. The minimum absolute atomic E-state index is 0.126. The van der Waals surface area contributed by atoms with Crippen LogP contribution in [0.4, 0.5) is 5.00 Å². The molecule has 0 atom stereocenters. The Morgan fingerprint density at radius 3 is 2.72 bits per heavy atom. The molecule has 1 aliphatic rings. The first-order chi connectivity index (χ1) is 15.6. The first-order valence-corrected chi connectivity index (χ1v) is 11.8. The number of ether oxygens (including phenoxy) is 2. The molecule has 2 N–H and O–H groups in total. The van der Waals surface area contributed by atoms with Crippen molar-refractivity contribution in [1.29, 1.82) is 0 Å². The van der Waals surface area contributed by atoms with Crippen LogP contribution in [0.5, 0.6) is 5.75 Å². The molecular weight excluding hydrogens is 444 g/mol. The van der Waals surface area contributed by atoms with E-state index in [1.54, 1.807) is 6.92 Å². The van der Waals surface area contributed by atoms with Gasteiger partial charge in [-0.15, -0.1) is 11.3 Å². The molecule has 0 spiro atoms. The Morgan fingerprint density at radius 2 is 1.88 bits per heavy atom. The lowest BCUT2D eigenvalue weighted by atomic mass is 9.95. The molecule has 32 heavy (non-hydrogen) atoms. The van der Waals surface area contributed by atoms with Crippen LogP contribution >= 0.6 is 23.6 Å². The maximum Gasteiger partial charge on any atom is 0.341 e. The van der Waals surface area contributed by atoms with Gasteiger partial charge in [0.2, 0.25) is 0 Å². The summed E-state index contributed by atoms with van der Waals surface area (Å²) in [7, 11) is 0. The summed E-state index contributed by atoms with van der Waals surface area (Å²) >= 11 is 6.83. The van der Waals surface area contributed by atoms with E-state index in [9.17, 15) is 9.59 Å². The van der Waals surface area contributed by atoms with Gasteiger partial charge in [0.05, 0.1) is 12.2 Å². The van der Waals surface area contributed by atoms with Crippen molar-refractivity contribution in [3.8, 4) is 5.75 Å². The largest absolute Gasteiger partial charge is 0.483 e. The van der Waals surface area contributed by atoms with Crippen LogP contribution in [0, 0.1) is 0 Å². The lowest BCUT2D eigenvalue weighted by Crippen LogP contribution is -2.37. The highest BCUT2D eigenvalue weighted by atomic mass is 32.1. The van der Waals surface area contributed by atoms with Crippen LogP contribution in [0.2, 0.25) is 0 Å². The van der Waals surface area contributed by atoms with Gasteiger partial charge in [0.25, 0.3) is 5.91 Å². The SMILES string of the molecule is CCOC(=O)c1c(NC(=S)NC(=O)COc2cccc3ccccc23)sc2c1CCCC2. The first kappa shape index (κ1) is 22.2. The van der Waals surface area contributed by atoms with Crippen LogP contribution in [-0.2, 0) is 22.4 Å². The molecule has 0 fully saturated rings. The summed E-state index contributed by atoms with van der Waals surface area (Å²) in [5.74, 6) is -0.107. The van der Waals surface area contributed by atoms with Gasteiger partial charge in [0.1, 0.15) is 10.8 Å². The van der Waals surface area contributed by atoms with Crippen molar-refractivity contribution in [2.75, 3.05) is 18.5 Å². The van der Waals surface area contributed by atoms with Crippen molar-refractivity contribution >= 4 is 56.3 Å². The van der Waals surface area contributed by atoms with Gasteiger partial charge in [-0.1, -0.05) is 36.4 Å². The van der Waals surface area contributed by atoms with Gasteiger partial charge >= 0.3 is 5.97 Å². The quantitative estimate of drug-likeness (QED) is 0.398. The van der Waals surface area contributed by atoms with Gasteiger partial charge in [-0.25, -0.2) is 4.79 Å². The standard InChI is InChI=1S/C24H24N2O4S2/c1-2-29-23(28)21-17-11-5-6-13-19(17)32-22(21)26-24(31)25-20(27)14-30-18-12-7-9-15-8-3-4-10-16(15)18/h3-4,7-10,12H,2,5-6,11,13-14H2,1H3,(H2,25,26,27,31). The van der Waals surface area contributed by atoms with Crippen molar-refractivity contribution in [1.82, 2.24) is 5.32 Å². The molecule has 8 heteroatoms. The summed E-state index contributed by atoms with van der Waals surface area (Å²) in [5.41, 5.74) is 1.57. The average molecular weight is 469 g/mol. The van der Waals surface area contributed by atoms with E-state index in [4.69, 9.17) is 21.7 Å². The number of rotatable bonds is 6. The molecule has 0 saturated carbocycles. The van der Waals surface area contributed by atoms with Gasteiger partial charge in [0, 0.05) is 10.3 Å². The minimum Gasteiger partial charge on any atom is -0.483 e. The fraction of sp³-hybridized carbons (Fsp3) is 0.292. The van der Waals surface area contributed by atoms with E-state index < -0.39 is 0 Å². The third kappa shape index (κ3) is 4.92. The number of thiophene rings is 1. The first-order valence-electron chi connectivity index (χ1n) is 10.6. The number of anilines is 1. The Balaban J connectivity index is 1.41. The second kappa shape index (κ2) is 10.1. The van der Waals surface area contributed by atoms with Crippen LogP contribution in [0.25, 0.3) is 10.8 Å². The van der Waals surface area contributed by atoms with Crippen LogP contribution in [-0.4, -0.2) is 30.2 Å². The molecule has 0 radical (unpaired) electrons. The topological polar surface area (TPSA) is 76.7 Å². The van der Waals surface area contributed by atoms with Crippen LogP contribution in [0.3, 0.4) is 0 Å². The predicted octanol–water partition coefficient (Wildman–Crippen LogP) is 4.85. The number of hydrogen-bond acceptors (Lipinski definition) is 6. The molecule has 4 rings (SSSR count). The maximum absolute atomic E-state index is 12.6. The highest BCUT2D eigenvalue weighted by molar-refractivity contribution is 7.80. The monoisotopic (exact) mass is 468 g/mol. The van der Waals surface area contributed by atoms with Gasteiger partial charge in [-0.05, 0) is 61.8 Å². The predicted molar refractivity (Wildman–Crippen MR) is 131 cm³/mol. The molecule has 1 amide bonds. The van der Waals surface area contributed by atoms with E-state index >= 15 is 0 Å². The van der Waals surface area contributed by atoms with E-state index in [0.29, 0.717) is 22.9 Å². The lowest BCUT2D eigenvalue weighted by molar-refractivity contribution is -0.121. The second-order valence-electron chi connectivity index (χ2n) is 7.40. The van der Waals surface area contributed by atoms with Crippen LogP contribution < -0.4 is 15.4 Å². The molecule has 3 aromatic rings. The molecular formula is C24H24N2O4S2. The fourth-order valence-corrected chi connectivity index (χ4v) is 5.40. The van der Waals surface area contributed by atoms with E-state index in [-0.39, 0.29) is 23.6 Å². The molecule has 1 aromatic heterocycles. The van der Waals surface area contributed by atoms with E-state index in [1.165, 1.54) is 16.2 Å². The van der Waals surface area contributed by atoms with E-state index in [2.05, 4.69) is 10.6 Å². The zero-order valence-electron chi connectivity index (χ0n) is 17.7. The molecule has 0 saturated heterocycles. The lowest BCUT2D eigenvalue weighted by Gasteiger charge is -2.13. The van der Waals surface area contributed by atoms with Crippen molar-refractivity contribution in [2.24, 2.45) is 0 Å². The van der Waals surface area contributed by atoms with Gasteiger partial charge < -0.3 is 14.8 Å². The number of carbonyl (C=O) groups is 2. The number of carbonyl (C=O) groups excluding carboxylic acids is 2. The molecule has 1 aliphatic carbocycles. The second-order valence-corrected chi connectivity index (χ2v) is 8.92. The zero-order chi connectivity index (χ0) is 22.5. The number of nitrogens with one attached hydrogen (secondary N) is 2. The molecule has 166 valence electrons. The van der Waals surface area contributed by atoms with Crippen molar-refractivity contribution in [3.63, 3.8) is 0 Å². The summed E-state index contributed by atoms with van der Waals surface area (Å²) in [6, 6.07) is 13.5. The molecule has 0 aliphatic heterocycles. The maximum atomic E-state index is 12.6. The molecule has 6 nitrogen and oxygen atoms in total. The summed E-state index contributed by atoms with van der Waals surface area (Å²) in [6.45, 7) is 1.90. The highest BCUT2D eigenvalue weighted by Crippen LogP contribution is 2.38. The Morgan fingerprint density at radius 1 is 1.09 bits per heavy atom. The number of hydrogen-bond donors (Lipinski definition) is 2. The molecule has 2 aromatic carbocycles. The van der Waals surface area contributed by atoms with E-state index in [1.807, 2.05) is 42.5 Å². The van der Waals surface area contributed by atoms with Crippen LogP contribution in [0.15, 0.2) is 42.5 Å². The summed E-state index contributed by atoms with van der Waals surface area (Å²) < 4.78 is 11.0. The smallest absolute Gasteiger partial charge is 0.341 e. The Labute approximate surface area is 195 Å². The number of aryl methyl sites for hydroxylation is 1. The van der Waals surface area contributed by atoms with Crippen LogP contribution in [0.1, 0.15) is 40.6 Å². The van der Waals surface area contributed by atoms with Crippen molar-refractivity contribution in [3.05, 3.63) is 58.5 Å². The summed E-state index contributed by atoms with van der Waals surface area (Å²) in [6.07, 6.45) is 3.93. The zero-order valence-corrected chi connectivity index (χ0v) is 19.4. The normalized spacial score (nSPS) is 12.7. The molecule has 0 unspecified atom stereocenters. The Hall–Kier alpha value is -2.97. The number of amides is 1. The Bertz CT molecular complexity index is 1170. The number of thiocarbonyl (C=S) groups is 1.